The number of benzene rings is 4. The zero-order chi connectivity index (χ0) is 18.5. The lowest BCUT2D eigenvalue weighted by molar-refractivity contribution is 0.0174. The Morgan fingerprint density at radius 1 is 0.679 bits per heavy atom. The van der Waals surface area contributed by atoms with E-state index in [1.807, 2.05) is 0 Å². The number of nitrogens with zero attached hydrogens (tertiary/aromatic N) is 1. The minimum absolute atomic E-state index is 0.0797. The van der Waals surface area contributed by atoms with E-state index in [0.717, 1.165) is 13.0 Å². The van der Waals surface area contributed by atoms with Crippen molar-refractivity contribution in [3.63, 3.8) is 0 Å². The first-order chi connectivity index (χ1) is 13.9. The Kier molecular flexibility index (Phi) is 3.75. The fourth-order valence-corrected chi connectivity index (χ4v) is 5.04. The van der Waals surface area contributed by atoms with Crippen molar-refractivity contribution in [3.05, 3.63) is 96.1 Å². The maximum Gasteiger partial charge on any atom is 0.112 e. The van der Waals surface area contributed by atoms with Gasteiger partial charge in [0.1, 0.15) is 12.3 Å². The summed E-state index contributed by atoms with van der Waals surface area (Å²) < 4.78 is 6.63. The van der Waals surface area contributed by atoms with E-state index in [2.05, 4.69) is 89.8 Å². The molecular weight excluding hydrogens is 342 g/mol. The van der Waals surface area contributed by atoms with Crippen LogP contribution in [0.15, 0.2) is 84.9 Å². The molecule has 0 spiro atoms. The van der Waals surface area contributed by atoms with E-state index < -0.39 is 0 Å². The van der Waals surface area contributed by atoms with Gasteiger partial charge in [-0.05, 0) is 57.6 Å². The molecule has 2 aliphatic heterocycles. The van der Waals surface area contributed by atoms with Crippen molar-refractivity contribution in [1.29, 1.82) is 0 Å². The molecule has 3 atom stereocenters. The highest BCUT2D eigenvalue weighted by atomic mass is 16.5. The van der Waals surface area contributed by atoms with Gasteiger partial charge in [-0.3, -0.25) is 4.90 Å². The zero-order valence-corrected chi connectivity index (χ0v) is 15.8. The summed E-state index contributed by atoms with van der Waals surface area (Å²) in [5, 5.41) is 5.17. The van der Waals surface area contributed by atoms with E-state index in [-0.39, 0.29) is 18.4 Å². The van der Waals surface area contributed by atoms with Gasteiger partial charge in [0.05, 0.1) is 6.04 Å². The molecule has 0 saturated carbocycles. The van der Waals surface area contributed by atoms with Crippen LogP contribution in [0.25, 0.3) is 21.5 Å². The fourth-order valence-electron chi connectivity index (χ4n) is 5.04. The third-order valence-electron chi connectivity index (χ3n) is 6.40. The summed E-state index contributed by atoms with van der Waals surface area (Å²) >= 11 is 0. The minimum atomic E-state index is 0.0797. The molecule has 2 saturated heterocycles. The SMILES string of the molecule is c1ccc2cc(C3OC4CCCN4C3c3ccc4ccccc4c3)ccc2c1. The van der Waals surface area contributed by atoms with Crippen LogP contribution in [0.5, 0.6) is 0 Å². The van der Waals surface area contributed by atoms with Crippen molar-refractivity contribution < 1.29 is 4.74 Å². The summed E-state index contributed by atoms with van der Waals surface area (Å²) in [5.74, 6) is 0. The van der Waals surface area contributed by atoms with Crippen LogP contribution in [0.4, 0.5) is 0 Å². The fraction of sp³-hybridized carbons (Fsp3) is 0.231. The van der Waals surface area contributed by atoms with Gasteiger partial charge in [0.15, 0.2) is 0 Å². The van der Waals surface area contributed by atoms with Crippen molar-refractivity contribution in [3.8, 4) is 0 Å². The van der Waals surface area contributed by atoms with Crippen molar-refractivity contribution in [2.24, 2.45) is 0 Å². The summed E-state index contributed by atoms with van der Waals surface area (Å²) in [6.07, 6.45) is 2.68. The highest BCUT2D eigenvalue weighted by molar-refractivity contribution is 5.84. The van der Waals surface area contributed by atoms with Crippen LogP contribution >= 0.6 is 0 Å². The molecule has 4 aromatic carbocycles. The molecule has 138 valence electrons. The van der Waals surface area contributed by atoms with Crippen LogP contribution < -0.4 is 0 Å². The van der Waals surface area contributed by atoms with Crippen molar-refractivity contribution >= 4 is 21.5 Å². The van der Waals surface area contributed by atoms with Crippen LogP contribution in [0.3, 0.4) is 0 Å². The topological polar surface area (TPSA) is 12.5 Å². The molecule has 0 N–H and O–H groups in total. The van der Waals surface area contributed by atoms with Crippen LogP contribution in [0.1, 0.15) is 36.1 Å². The van der Waals surface area contributed by atoms with Gasteiger partial charge in [0, 0.05) is 6.54 Å². The van der Waals surface area contributed by atoms with Crippen LogP contribution in [0, 0.1) is 0 Å². The highest BCUT2D eigenvalue weighted by Gasteiger charge is 2.45. The molecule has 3 unspecified atom stereocenters. The first-order valence-corrected chi connectivity index (χ1v) is 10.3. The highest BCUT2D eigenvalue weighted by Crippen LogP contribution is 2.48. The second-order valence-corrected chi connectivity index (χ2v) is 8.05. The molecule has 0 amide bonds. The zero-order valence-electron chi connectivity index (χ0n) is 15.8. The number of rotatable bonds is 2. The maximum atomic E-state index is 6.63. The Morgan fingerprint density at radius 2 is 1.29 bits per heavy atom. The van der Waals surface area contributed by atoms with Crippen molar-refractivity contribution in [2.75, 3.05) is 6.54 Å². The predicted octanol–water partition coefficient (Wildman–Crippen LogP) is 6.23. The van der Waals surface area contributed by atoms with Gasteiger partial charge in [0.25, 0.3) is 0 Å². The van der Waals surface area contributed by atoms with Crippen molar-refractivity contribution in [1.82, 2.24) is 4.90 Å². The van der Waals surface area contributed by atoms with Gasteiger partial charge in [-0.1, -0.05) is 72.8 Å². The van der Waals surface area contributed by atoms with Gasteiger partial charge in [-0.15, -0.1) is 0 Å². The molecule has 0 aliphatic carbocycles. The van der Waals surface area contributed by atoms with Gasteiger partial charge < -0.3 is 4.74 Å². The van der Waals surface area contributed by atoms with E-state index in [1.165, 1.54) is 39.1 Å². The van der Waals surface area contributed by atoms with Crippen LogP contribution in [0.2, 0.25) is 0 Å². The van der Waals surface area contributed by atoms with Gasteiger partial charge >= 0.3 is 0 Å². The molecular formula is C26H23NO. The van der Waals surface area contributed by atoms with Crippen molar-refractivity contribution in [2.45, 2.75) is 31.2 Å². The Balaban J connectivity index is 1.47. The maximum absolute atomic E-state index is 6.63. The lowest BCUT2D eigenvalue weighted by Crippen LogP contribution is -2.26. The van der Waals surface area contributed by atoms with E-state index >= 15 is 0 Å². The molecule has 28 heavy (non-hydrogen) atoms. The predicted molar refractivity (Wildman–Crippen MR) is 114 cm³/mol. The third-order valence-corrected chi connectivity index (χ3v) is 6.40. The number of hydrogen-bond acceptors (Lipinski definition) is 2. The Morgan fingerprint density at radius 3 is 2.00 bits per heavy atom. The molecule has 4 aromatic rings. The van der Waals surface area contributed by atoms with Gasteiger partial charge in [-0.25, -0.2) is 0 Å². The number of ether oxygens (including phenoxy) is 1. The number of hydrogen-bond donors (Lipinski definition) is 0. The Labute approximate surface area is 165 Å². The Hall–Kier alpha value is -2.68. The molecule has 2 aliphatic rings. The summed E-state index contributed by atoms with van der Waals surface area (Å²) in [6, 6.07) is 31.2. The van der Waals surface area contributed by atoms with E-state index in [0.29, 0.717) is 0 Å². The molecule has 0 bridgehead atoms. The van der Waals surface area contributed by atoms with Gasteiger partial charge in [0.2, 0.25) is 0 Å². The van der Waals surface area contributed by atoms with Gasteiger partial charge in [-0.2, -0.15) is 0 Å². The van der Waals surface area contributed by atoms with Crippen LogP contribution in [-0.2, 0) is 4.74 Å². The van der Waals surface area contributed by atoms with E-state index in [1.54, 1.807) is 0 Å². The standard InChI is InChI=1S/C26H23NO/c1-3-8-20-16-22(13-11-18(20)6-1)25-26(28-24-10-5-15-27(24)25)23-14-12-19-7-2-4-9-21(19)17-23/h1-4,6-9,11-14,16-17,24-26H,5,10,15H2. The molecule has 2 heterocycles. The third kappa shape index (κ3) is 2.56. The average Bonchev–Trinajstić information content (AvgIpc) is 3.34. The number of fused-ring (bicyclic) bond motifs is 3. The summed E-state index contributed by atoms with van der Waals surface area (Å²) in [4.78, 5) is 2.57. The smallest absolute Gasteiger partial charge is 0.112 e. The summed E-state index contributed by atoms with van der Waals surface area (Å²) in [7, 11) is 0. The first-order valence-electron chi connectivity index (χ1n) is 10.3. The van der Waals surface area contributed by atoms with E-state index in [4.69, 9.17) is 4.74 Å². The Bertz CT molecular complexity index is 1170. The molecule has 0 aromatic heterocycles. The lowest BCUT2D eigenvalue weighted by atomic mass is 9.92. The summed E-state index contributed by atoms with van der Waals surface area (Å²) in [5.41, 5.74) is 2.65. The van der Waals surface area contributed by atoms with E-state index in [9.17, 15) is 0 Å². The molecule has 2 fully saturated rings. The second-order valence-electron chi connectivity index (χ2n) is 8.05. The summed E-state index contributed by atoms with van der Waals surface area (Å²) in [6.45, 7) is 1.12. The quantitative estimate of drug-likeness (QED) is 0.418. The second kappa shape index (κ2) is 6.44. The molecule has 0 radical (unpaired) electrons. The normalized spacial score (nSPS) is 24.8. The lowest BCUT2D eigenvalue weighted by Gasteiger charge is -2.26. The molecule has 2 heteroatoms. The largest absolute Gasteiger partial charge is 0.353 e. The molecule has 6 rings (SSSR count). The van der Waals surface area contributed by atoms with Crippen LogP contribution in [-0.4, -0.2) is 17.7 Å². The monoisotopic (exact) mass is 365 g/mol. The first kappa shape index (κ1) is 16.3. The average molecular weight is 365 g/mol. The minimum Gasteiger partial charge on any atom is -0.353 e. The molecule has 2 nitrogen and oxygen atoms in total.